The average molecular weight is 357 g/mol. The first kappa shape index (κ1) is 13.9. The van der Waals surface area contributed by atoms with Crippen LogP contribution in [0.4, 0.5) is 4.39 Å². The summed E-state index contributed by atoms with van der Waals surface area (Å²) in [5.41, 5.74) is 7.59. The van der Waals surface area contributed by atoms with Gasteiger partial charge in [-0.2, -0.15) is 0 Å². The van der Waals surface area contributed by atoms with Gasteiger partial charge in [-0.1, -0.05) is 33.6 Å². The number of benzene rings is 2. The molecule has 0 saturated carbocycles. The zero-order valence-electron chi connectivity index (χ0n) is 10.4. The second-order valence-electron chi connectivity index (χ2n) is 4.80. The van der Waals surface area contributed by atoms with Gasteiger partial charge in [-0.15, -0.1) is 0 Å². The highest BCUT2D eigenvalue weighted by atomic mass is 79.9. The zero-order chi connectivity index (χ0) is 14.3. The maximum Gasteiger partial charge on any atom is 0.131 e. The number of halogens is 3. The van der Waals surface area contributed by atoms with Crippen molar-refractivity contribution in [3.8, 4) is 5.75 Å². The molecule has 3 rings (SSSR count). The second-order valence-corrected chi connectivity index (χ2v) is 6.15. The van der Waals surface area contributed by atoms with Crippen LogP contribution in [-0.2, 0) is 0 Å². The van der Waals surface area contributed by atoms with Gasteiger partial charge in [-0.05, 0) is 30.3 Å². The lowest BCUT2D eigenvalue weighted by Gasteiger charge is -2.31. The standard InChI is InChI=1S/C15H12BrClFNO/c16-8-1-4-14-11(5-8)13(19)7-15(20-14)10-3-2-9(17)6-12(10)18/h1-6,13,15H,7,19H2/t13-,15?/m0/s1. The molecule has 0 aliphatic carbocycles. The highest BCUT2D eigenvalue weighted by Crippen LogP contribution is 2.41. The van der Waals surface area contributed by atoms with E-state index in [9.17, 15) is 4.39 Å². The normalized spacial score (nSPS) is 21.2. The fourth-order valence-corrected chi connectivity index (χ4v) is 2.97. The quantitative estimate of drug-likeness (QED) is 0.799. The van der Waals surface area contributed by atoms with E-state index in [0.29, 0.717) is 22.8 Å². The molecule has 2 N–H and O–H groups in total. The van der Waals surface area contributed by atoms with E-state index in [1.54, 1.807) is 12.1 Å². The lowest BCUT2D eigenvalue weighted by molar-refractivity contribution is 0.157. The third-order valence-corrected chi connectivity index (χ3v) is 4.15. The summed E-state index contributed by atoms with van der Waals surface area (Å²) in [5.74, 6) is 0.335. The summed E-state index contributed by atoms with van der Waals surface area (Å²) in [5, 5.41) is 0.371. The van der Waals surface area contributed by atoms with Crippen LogP contribution in [0.25, 0.3) is 0 Å². The molecule has 0 spiro atoms. The van der Waals surface area contributed by atoms with Crippen LogP contribution >= 0.6 is 27.5 Å². The summed E-state index contributed by atoms with van der Waals surface area (Å²) < 4.78 is 20.8. The molecule has 0 amide bonds. The SMILES string of the molecule is N[C@H]1CC(c2ccc(Cl)cc2F)Oc2ccc(Br)cc21. The first-order valence-electron chi connectivity index (χ1n) is 6.21. The molecule has 5 heteroatoms. The van der Waals surface area contributed by atoms with Crippen LogP contribution in [0.5, 0.6) is 5.75 Å². The zero-order valence-corrected chi connectivity index (χ0v) is 12.8. The molecule has 1 heterocycles. The van der Waals surface area contributed by atoms with Crippen LogP contribution in [0.3, 0.4) is 0 Å². The highest BCUT2D eigenvalue weighted by Gasteiger charge is 2.28. The van der Waals surface area contributed by atoms with Crippen molar-refractivity contribution in [2.24, 2.45) is 5.73 Å². The average Bonchev–Trinajstić information content (AvgIpc) is 2.39. The number of rotatable bonds is 1. The van der Waals surface area contributed by atoms with E-state index in [2.05, 4.69) is 15.9 Å². The Morgan fingerprint density at radius 2 is 2.00 bits per heavy atom. The first-order valence-corrected chi connectivity index (χ1v) is 7.38. The smallest absolute Gasteiger partial charge is 0.131 e. The van der Waals surface area contributed by atoms with Gasteiger partial charge in [-0.3, -0.25) is 0 Å². The third-order valence-electron chi connectivity index (χ3n) is 3.42. The summed E-state index contributed by atoms with van der Waals surface area (Å²) in [6, 6.07) is 10.1. The van der Waals surface area contributed by atoms with Gasteiger partial charge in [0.05, 0.1) is 0 Å². The molecule has 2 nitrogen and oxygen atoms in total. The van der Waals surface area contributed by atoms with Crippen LogP contribution in [0.15, 0.2) is 40.9 Å². The molecule has 20 heavy (non-hydrogen) atoms. The van der Waals surface area contributed by atoms with E-state index < -0.39 is 6.10 Å². The molecule has 2 aromatic carbocycles. The van der Waals surface area contributed by atoms with Gasteiger partial charge in [0.15, 0.2) is 0 Å². The molecule has 0 aromatic heterocycles. The Kier molecular flexibility index (Phi) is 3.71. The highest BCUT2D eigenvalue weighted by molar-refractivity contribution is 9.10. The van der Waals surface area contributed by atoms with Crippen LogP contribution in [0.2, 0.25) is 5.02 Å². The van der Waals surface area contributed by atoms with Gasteiger partial charge in [0, 0.05) is 33.1 Å². The van der Waals surface area contributed by atoms with Gasteiger partial charge >= 0.3 is 0 Å². The maximum atomic E-state index is 14.0. The van der Waals surface area contributed by atoms with Crippen LogP contribution in [0.1, 0.15) is 29.7 Å². The van der Waals surface area contributed by atoms with Crippen molar-refractivity contribution in [1.82, 2.24) is 0 Å². The van der Waals surface area contributed by atoms with E-state index in [-0.39, 0.29) is 11.9 Å². The second kappa shape index (κ2) is 5.35. The summed E-state index contributed by atoms with van der Waals surface area (Å²) in [7, 11) is 0. The minimum atomic E-state index is -0.393. The van der Waals surface area contributed by atoms with E-state index in [1.165, 1.54) is 6.07 Å². The van der Waals surface area contributed by atoms with Crippen LogP contribution in [-0.4, -0.2) is 0 Å². The van der Waals surface area contributed by atoms with Gasteiger partial charge in [-0.25, -0.2) is 4.39 Å². The lowest BCUT2D eigenvalue weighted by atomic mass is 9.93. The summed E-state index contributed by atoms with van der Waals surface area (Å²) in [6.07, 6.45) is 0.137. The fourth-order valence-electron chi connectivity index (χ4n) is 2.43. The number of nitrogens with two attached hydrogens (primary N) is 1. The van der Waals surface area contributed by atoms with Crippen molar-refractivity contribution < 1.29 is 9.13 Å². The van der Waals surface area contributed by atoms with Gasteiger partial charge in [0.2, 0.25) is 0 Å². The van der Waals surface area contributed by atoms with Crippen molar-refractivity contribution >= 4 is 27.5 Å². The summed E-state index contributed by atoms with van der Waals surface area (Å²) in [6.45, 7) is 0. The summed E-state index contributed by atoms with van der Waals surface area (Å²) in [4.78, 5) is 0. The molecule has 1 aliphatic heterocycles. The van der Waals surface area contributed by atoms with Crippen LogP contribution in [0, 0.1) is 5.82 Å². The van der Waals surface area contributed by atoms with Gasteiger partial charge in [0.25, 0.3) is 0 Å². The Morgan fingerprint density at radius 1 is 1.20 bits per heavy atom. The predicted molar refractivity (Wildman–Crippen MR) is 80.5 cm³/mol. The van der Waals surface area contributed by atoms with Crippen molar-refractivity contribution in [3.05, 3.63) is 62.8 Å². The Labute approximate surface area is 129 Å². The largest absolute Gasteiger partial charge is 0.485 e. The molecule has 104 valence electrons. The number of hydrogen-bond acceptors (Lipinski definition) is 2. The molecular weight excluding hydrogens is 345 g/mol. The van der Waals surface area contributed by atoms with Crippen molar-refractivity contribution in [3.63, 3.8) is 0 Å². The third kappa shape index (κ3) is 2.55. The Morgan fingerprint density at radius 3 is 2.75 bits per heavy atom. The minimum absolute atomic E-state index is 0.184. The Bertz CT molecular complexity index is 664. The van der Waals surface area contributed by atoms with E-state index in [1.807, 2.05) is 18.2 Å². The predicted octanol–water partition coefficient (Wildman–Crippen LogP) is 4.77. The van der Waals surface area contributed by atoms with E-state index >= 15 is 0 Å². The summed E-state index contributed by atoms with van der Waals surface area (Å²) >= 11 is 9.18. The first-order chi connectivity index (χ1) is 9.54. The molecule has 0 saturated heterocycles. The van der Waals surface area contributed by atoms with Crippen LogP contribution < -0.4 is 10.5 Å². The van der Waals surface area contributed by atoms with Crippen molar-refractivity contribution in [2.75, 3.05) is 0 Å². The minimum Gasteiger partial charge on any atom is -0.485 e. The number of hydrogen-bond donors (Lipinski definition) is 1. The molecule has 2 aromatic rings. The Hall–Kier alpha value is -1.10. The molecule has 1 aliphatic rings. The molecular formula is C15H12BrClFNO. The molecule has 0 fully saturated rings. The van der Waals surface area contributed by atoms with E-state index in [4.69, 9.17) is 22.1 Å². The lowest BCUT2D eigenvalue weighted by Crippen LogP contribution is -2.24. The monoisotopic (exact) mass is 355 g/mol. The van der Waals surface area contributed by atoms with E-state index in [0.717, 1.165) is 10.0 Å². The Balaban J connectivity index is 1.97. The van der Waals surface area contributed by atoms with Gasteiger partial charge in [0.1, 0.15) is 17.7 Å². The molecule has 1 unspecified atom stereocenters. The van der Waals surface area contributed by atoms with Crippen molar-refractivity contribution in [2.45, 2.75) is 18.6 Å². The number of ether oxygens (including phenoxy) is 1. The molecule has 2 atom stereocenters. The number of fused-ring (bicyclic) bond motifs is 1. The van der Waals surface area contributed by atoms with Gasteiger partial charge < -0.3 is 10.5 Å². The topological polar surface area (TPSA) is 35.2 Å². The van der Waals surface area contributed by atoms with Crippen molar-refractivity contribution in [1.29, 1.82) is 0 Å². The maximum absolute atomic E-state index is 14.0. The fraction of sp³-hybridized carbons (Fsp3) is 0.200. The molecule has 0 radical (unpaired) electrons. The molecule has 0 bridgehead atoms.